The molecule has 6 heteroatoms. The molecule has 2 aromatic carbocycles. The van der Waals surface area contributed by atoms with Gasteiger partial charge in [-0.1, -0.05) is 17.7 Å². The Hall–Kier alpha value is -3.28. The minimum Gasteiger partial charge on any atom is -0.497 e. The second-order valence-electron chi connectivity index (χ2n) is 7.59. The van der Waals surface area contributed by atoms with Crippen molar-refractivity contribution >= 4 is 11.7 Å². The zero-order valence-electron chi connectivity index (χ0n) is 17.0. The number of aromatic nitrogens is 2. The summed E-state index contributed by atoms with van der Waals surface area (Å²) >= 11 is 0. The van der Waals surface area contributed by atoms with Crippen LogP contribution in [0.15, 0.2) is 48.5 Å². The summed E-state index contributed by atoms with van der Waals surface area (Å²) in [5, 5.41) is 10.8. The molecule has 0 saturated carbocycles. The Morgan fingerprint density at radius 1 is 1.17 bits per heavy atom. The SMILES string of the molecule is COc1ccc(-c2cc(N3CCC(NC(=O)c4ccc(C)cc4C)C3)n[nH]2)cc1. The van der Waals surface area contributed by atoms with Crippen molar-refractivity contribution < 1.29 is 9.53 Å². The number of amides is 1. The molecule has 0 spiro atoms. The molecule has 150 valence electrons. The molecule has 1 aromatic heterocycles. The van der Waals surface area contributed by atoms with Gasteiger partial charge in [0.05, 0.1) is 12.8 Å². The number of anilines is 1. The molecule has 29 heavy (non-hydrogen) atoms. The second kappa shape index (κ2) is 7.99. The standard InChI is InChI=1S/C23H26N4O2/c1-15-4-9-20(16(2)12-15)23(28)24-18-10-11-27(14-18)22-13-21(25-26-22)17-5-7-19(29-3)8-6-17/h4-9,12-13,18H,10-11,14H2,1-3H3,(H,24,28)(H,25,26). The summed E-state index contributed by atoms with van der Waals surface area (Å²) in [6, 6.07) is 16.0. The van der Waals surface area contributed by atoms with Crippen LogP contribution in [-0.4, -0.2) is 42.3 Å². The number of hydrogen-bond acceptors (Lipinski definition) is 4. The van der Waals surface area contributed by atoms with E-state index in [0.29, 0.717) is 0 Å². The third-order valence-electron chi connectivity index (χ3n) is 5.44. The monoisotopic (exact) mass is 390 g/mol. The second-order valence-corrected chi connectivity index (χ2v) is 7.59. The highest BCUT2D eigenvalue weighted by atomic mass is 16.5. The van der Waals surface area contributed by atoms with E-state index in [1.807, 2.05) is 56.3 Å². The van der Waals surface area contributed by atoms with Crippen LogP contribution in [0.1, 0.15) is 27.9 Å². The molecule has 0 aliphatic carbocycles. The van der Waals surface area contributed by atoms with Gasteiger partial charge in [-0.15, -0.1) is 0 Å². The molecule has 6 nitrogen and oxygen atoms in total. The van der Waals surface area contributed by atoms with Gasteiger partial charge >= 0.3 is 0 Å². The molecule has 1 amide bonds. The Morgan fingerprint density at radius 2 is 1.97 bits per heavy atom. The maximum absolute atomic E-state index is 12.7. The summed E-state index contributed by atoms with van der Waals surface area (Å²) in [6.07, 6.45) is 0.904. The molecule has 1 aliphatic heterocycles. The Kier molecular flexibility index (Phi) is 5.25. The fourth-order valence-electron chi connectivity index (χ4n) is 3.81. The van der Waals surface area contributed by atoms with Crippen LogP contribution in [0.3, 0.4) is 0 Å². The van der Waals surface area contributed by atoms with Crippen molar-refractivity contribution in [1.82, 2.24) is 15.5 Å². The first-order valence-electron chi connectivity index (χ1n) is 9.86. The topological polar surface area (TPSA) is 70.2 Å². The van der Waals surface area contributed by atoms with Crippen molar-refractivity contribution in [1.29, 1.82) is 0 Å². The summed E-state index contributed by atoms with van der Waals surface area (Å²) in [7, 11) is 1.66. The lowest BCUT2D eigenvalue weighted by molar-refractivity contribution is 0.0940. The predicted molar refractivity (Wildman–Crippen MR) is 115 cm³/mol. The maximum atomic E-state index is 12.7. The van der Waals surface area contributed by atoms with Crippen LogP contribution in [0.2, 0.25) is 0 Å². The summed E-state index contributed by atoms with van der Waals surface area (Å²) in [5.41, 5.74) is 4.94. The van der Waals surface area contributed by atoms with Crippen LogP contribution in [0.5, 0.6) is 5.75 Å². The van der Waals surface area contributed by atoms with Crippen LogP contribution in [0.25, 0.3) is 11.3 Å². The summed E-state index contributed by atoms with van der Waals surface area (Å²) in [4.78, 5) is 14.9. The Bertz CT molecular complexity index is 1010. The highest BCUT2D eigenvalue weighted by Crippen LogP contribution is 2.26. The van der Waals surface area contributed by atoms with Gasteiger partial charge in [-0.3, -0.25) is 9.89 Å². The zero-order valence-corrected chi connectivity index (χ0v) is 17.0. The molecule has 1 atom stereocenters. The van der Waals surface area contributed by atoms with Crippen LogP contribution < -0.4 is 15.0 Å². The summed E-state index contributed by atoms with van der Waals surface area (Å²) in [6.45, 7) is 5.63. The largest absolute Gasteiger partial charge is 0.497 e. The molecule has 1 unspecified atom stereocenters. The van der Waals surface area contributed by atoms with E-state index in [4.69, 9.17) is 4.74 Å². The number of benzene rings is 2. The van der Waals surface area contributed by atoms with Gasteiger partial charge in [0.25, 0.3) is 5.91 Å². The lowest BCUT2D eigenvalue weighted by atomic mass is 10.0. The van der Waals surface area contributed by atoms with Crippen molar-refractivity contribution in [3.8, 4) is 17.0 Å². The number of carbonyl (C=O) groups excluding carboxylic acids is 1. The van der Waals surface area contributed by atoms with Gasteiger partial charge in [0.15, 0.2) is 5.82 Å². The molecule has 3 aromatic rings. The number of H-pyrrole nitrogens is 1. The number of carbonyl (C=O) groups is 1. The number of hydrogen-bond donors (Lipinski definition) is 2. The van der Waals surface area contributed by atoms with Gasteiger partial charge in [0, 0.05) is 30.8 Å². The van der Waals surface area contributed by atoms with E-state index in [9.17, 15) is 4.79 Å². The smallest absolute Gasteiger partial charge is 0.251 e. The highest BCUT2D eigenvalue weighted by Gasteiger charge is 2.26. The molecule has 2 N–H and O–H groups in total. The first kappa shape index (κ1) is 19.1. The number of ether oxygens (including phenoxy) is 1. The third kappa shape index (κ3) is 4.11. The zero-order chi connectivity index (χ0) is 20.4. The molecule has 4 rings (SSSR count). The number of aromatic amines is 1. The van der Waals surface area contributed by atoms with E-state index in [-0.39, 0.29) is 11.9 Å². The van der Waals surface area contributed by atoms with E-state index in [0.717, 1.165) is 59.0 Å². The van der Waals surface area contributed by atoms with Crippen molar-refractivity contribution in [3.63, 3.8) is 0 Å². The molecule has 1 saturated heterocycles. The van der Waals surface area contributed by atoms with Gasteiger partial charge in [0.2, 0.25) is 0 Å². The van der Waals surface area contributed by atoms with E-state index < -0.39 is 0 Å². The maximum Gasteiger partial charge on any atom is 0.251 e. The Labute approximate surface area is 170 Å². The first-order chi connectivity index (χ1) is 14.0. The Morgan fingerprint density at radius 3 is 2.69 bits per heavy atom. The predicted octanol–water partition coefficient (Wildman–Crippen LogP) is 3.71. The summed E-state index contributed by atoms with van der Waals surface area (Å²) in [5.74, 6) is 1.73. The van der Waals surface area contributed by atoms with Gasteiger partial charge < -0.3 is 15.0 Å². The minimum absolute atomic E-state index is 0.00435. The highest BCUT2D eigenvalue weighted by molar-refractivity contribution is 5.96. The molecule has 0 radical (unpaired) electrons. The number of nitrogens with one attached hydrogen (secondary N) is 2. The third-order valence-corrected chi connectivity index (χ3v) is 5.44. The first-order valence-corrected chi connectivity index (χ1v) is 9.86. The molecule has 0 bridgehead atoms. The lowest BCUT2D eigenvalue weighted by Gasteiger charge is -2.16. The fourth-order valence-corrected chi connectivity index (χ4v) is 3.81. The normalized spacial score (nSPS) is 16.1. The Balaban J connectivity index is 1.39. The van der Waals surface area contributed by atoms with Gasteiger partial charge in [-0.25, -0.2) is 0 Å². The van der Waals surface area contributed by atoms with E-state index in [1.165, 1.54) is 0 Å². The number of nitrogens with zero attached hydrogens (tertiary/aromatic N) is 2. The number of aryl methyl sites for hydroxylation is 2. The quantitative estimate of drug-likeness (QED) is 0.697. The molecule has 2 heterocycles. The lowest BCUT2D eigenvalue weighted by Crippen LogP contribution is -2.37. The van der Waals surface area contributed by atoms with Crippen LogP contribution in [-0.2, 0) is 0 Å². The number of methoxy groups -OCH3 is 1. The molecule has 1 aliphatic rings. The van der Waals surface area contributed by atoms with Crippen LogP contribution >= 0.6 is 0 Å². The minimum atomic E-state index is -0.00435. The van der Waals surface area contributed by atoms with E-state index in [1.54, 1.807) is 7.11 Å². The van der Waals surface area contributed by atoms with Gasteiger partial charge in [0.1, 0.15) is 5.75 Å². The van der Waals surface area contributed by atoms with Gasteiger partial charge in [-0.05, 0) is 61.7 Å². The molecule has 1 fully saturated rings. The van der Waals surface area contributed by atoms with E-state index >= 15 is 0 Å². The van der Waals surface area contributed by atoms with Crippen LogP contribution in [0.4, 0.5) is 5.82 Å². The van der Waals surface area contributed by atoms with E-state index in [2.05, 4.69) is 26.5 Å². The fraction of sp³-hybridized carbons (Fsp3) is 0.304. The van der Waals surface area contributed by atoms with Crippen molar-refractivity contribution in [2.75, 3.05) is 25.1 Å². The average molecular weight is 390 g/mol. The van der Waals surface area contributed by atoms with Gasteiger partial charge in [-0.2, -0.15) is 5.10 Å². The van der Waals surface area contributed by atoms with Crippen LogP contribution in [0, 0.1) is 13.8 Å². The van der Waals surface area contributed by atoms with Crippen molar-refractivity contribution in [2.45, 2.75) is 26.3 Å². The van der Waals surface area contributed by atoms with Crippen molar-refractivity contribution in [2.24, 2.45) is 0 Å². The molecular formula is C23H26N4O2. The average Bonchev–Trinajstić information content (AvgIpc) is 3.37. The van der Waals surface area contributed by atoms with Crippen molar-refractivity contribution in [3.05, 3.63) is 65.2 Å². The summed E-state index contributed by atoms with van der Waals surface area (Å²) < 4.78 is 5.21. The molecular weight excluding hydrogens is 364 g/mol. The number of rotatable bonds is 5.